The number of carbonyl (C=O) groups is 1. The molecule has 0 aliphatic carbocycles. The monoisotopic (exact) mass is 484 g/mol. The molecule has 7 nitrogen and oxygen atoms in total. The molecule has 1 amide bonds. The Morgan fingerprint density at radius 3 is 2.79 bits per heavy atom. The van der Waals surface area contributed by atoms with Gasteiger partial charge in [-0.2, -0.15) is 5.10 Å². The molecule has 0 aliphatic heterocycles. The maximum atomic E-state index is 12.9. The van der Waals surface area contributed by atoms with Crippen LogP contribution in [0.25, 0.3) is 0 Å². The van der Waals surface area contributed by atoms with Crippen LogP contribution in [0.3, 0.4) is 0 Å². The standard InChI is InChI=1S/C24H22Cl2N4O3/c1-14-5-4-6-22(15(14)2)32-13-20-16(3)33-29-23(20)24(31)28-19-10-27-30(12-19)11-17-7-8-18(25)9-21(17)26/h4-10,12H,11,13H2,1-3H3,(H,28,31). The van der Waals surface area contributed by atoms with Gasteiger partial charge in [-0.05, 0) is 55.7 Å². The molecule has 4 rings (SSSR count). The zero-order chi connectivity index (χ0) is 23.5. The minimum atomic E-state index is -0.407. The normalized spacial score (nSPS) is 10.9. The topological polar surface area (TPSA) is 82.2 Å². The van der Waals surface area contributed by atoms with Crippen molar-refractivity contribution in [1.82, 2.24) is 14.9 Å². The molecule has 2 aromatic carbocycles. The molecule has 2 heterocycles. The number of rotatable bonds is 7. The van der Waals surface area contributed by atoms with Crippen molar-refractivity contribution in [2.24, 2.45) is 0 Å². The van der Waals surface area contributed by atoms with Gasteiger partial charge in [0, 0.05) is 16.2 Å². The number of hydrogen-bond donors (Lipinski definition) is 1. The van der Waals surface area contributed by atoms with Gasteiger partial charge in [-0.25, -0.2) is 0 Å². The molecule has 9 heteroatoms. The number of aryl methyl sites for hydroxylation is 2. The van der Waals surface area contributed by atoms with Crippen LogP contribution in [0, 0.1) is 20.8 Å². The van der Waals surface area contributed by atoms with Crippen LogP contribution in [0.15, 0.2) is 53.3 Å². The Morgan fingerprint density at radius 1 is 1.18 bits per heavy atom. The lowest BCUT2D eigenvalue weighted by molar-refractivity contribution is 0.101. The van der Waals surface area contributed by atoms with Crippen LogP contribution < -0.4 is 10.1 Å². The van der Waals surface area contributed by atoms with E-state index in [1.165, 1.54) is 0 Å². The lowest BCUT2D eigenvalue weighted by atomic mass is 10.1. The fourth-order valence-electron chi connectivity index (χ4n) is 3.30. The van der Waals surface area contributed by atoms with Crippen molar-refractivity contribution in [3.05, 3.63) is 92.5 Å². The predicted octanol–water partition coefficient (Wildman–Crippen LogP) is 5.98. The first-order valence-electron chi connectivity index (χ1n) is 10.2. The number of anilines is 1. The zero-order valence-corrected chi connectivity index (χ0v) is 19.9. The van der Waals surface area contributed by atoms with Crippen molar-refractivity contribution in [2.45, 2.75) is 33.9 Å². The first kappa shape index (κ1) is 22.9. The van der Waals surface area contributed by atoms with E-state index in [-0.39, 0.29) is 12.3 Å². The van der Waals surface area contributed by atoms with Crippen molar-refractivity contribution in [3.63, 3.8) is 0 Å². The molecule has 0 atom stereocenters. The number of nitrogens with one attached hydrogen (secondary N) is 1. The van der Waals surface area contributed by atoms with Crippen molar-refractivity contribution < 1.29 is 14.1 Å². The Bertz CT molecular complexity index is 1310. The van der Waals surface area contributed by atoms with Crippen LogP contribution in [0.4, 0.5) is 5.69 Å². The lowest BCUT2D eigenvalue weighted by Gasteiger charge is -2.11. The van der Waals surface area contributed by atoms with E-state index >= 15 is 0 Å². The molecular formula is C24H22Cl2N4O3. The third-order valence-corrected chi connectivity index (χ3v) is 5.95. The van der Waals surface area contributed by atoms with Gasteiger partial charge in [-0.15, -0.1) is 0 Å². The van der Waals surface area contributed by atoms with Crippen LogP contribution in [0.2, 0.25) is 10.0 Å². The van der Waals surface area contributed by atoms with E-state index in [4.69, 9.17) is 32.5 Å². The molecular weight excluding hydrogens is 463 g/mol. The zero-order valence-electron chi connectivity index (χ0n) is 18.4. The maximum absolute atomic E-state index is 12.9. The molecule has 0 saturated carbocycles. The highest BCUT2D eigenvalue weighted by molar-refractivity contribution is 6.35. The van der Waals surface area contributed by atoms with Crippen molar-refractivity contribution >= 4 is 34.8 Å². The van der Waals surface area contributed by atoms with Gasteiger partial charge >= 0.3 is 0 Å². The highest BCUT2D eigenvalue weighted by atomic mass is 35.5. The lowest BCUT2D eigenvalue weighted by Crippen LogP contribution is -2.15. The van der Waals surface area contributed by atoms with Crippen LogP contribution in [-0.4, -0.2) is 20.8 Å². The molecule has 33 heavy (non-hydrogen) atoms. The van der Waals surface area contributed by atoms with Gasteiger partial charge in [-0.3, -0.25) is 9.48 Å². The quantitative estimate of drug-likeness (QED) is 0.348. The van der Waals surface area contributed by atoms with E-state index in [2.05, 4.69) is 15.6 Å². The molecule has 1 N–H and O–H groups in total. The summed E-state index contributed by atoms with van der Waals surface area (Å²) in [6.07, 6.45) is 3.27. The summed E-state index contributed by atoms with van der Waals surface area (Å²) in [7, 11) is 0. The first-order valence-corrected chi connectivity index (χ1v) is 11.0. The molecule has 0 aliphatic rings. The fourth-order valence-corrected chi connectivity index (χ4v) is 3.77. The number of benzene rings is 2. The van der Waals surface area contributed by atoms with Crippen LogP contribution >= 0.6 is 23.2 Å². The summed E-state index contributed by atoms with van der Waals surface area (Å²) in [4.78, 5) is 12.9. The van der Waals surface area contributed by atoms with E-state index in [0.717, 1.165) is 22.4 Å². The fraction of sp³-hybridized carbons (Fsp3) is 0.208. The number of aromatic nitrogens is 3. The molecule has 0 unspecified atom stereocenters. The maximum Gasteiger partial charge on any atom is 0.278 e. The summed E-state index contributed by atoms with van der Waals surface area (Å²) in [5.74, 6) is 0.873. The smallest absolute Gasteiger partial charge is 0.278 e. The number of amides is 1. The molecule has 2 aromatic heterocycles. The van der Waals surface area contributed by atoms with E-state index in [0.29, 0.717) is 33.6 Å². The number of carbonyl (C=O) groups excluding carboxylic acids is 1. The largest absolute Gasteiger partial charge is 0.488 e. The first-order chi connectivity index (χ1) is 15.8. The summed E-state index contributed by atoms with van der Waals surface area (Å²) in [5.41, 5.74) is 4.32. The highest BCUT2D eigenvalue weighted by Gasteiger charge is 2.21. The molecule has 0 radical (unpaired) electrons. The van der Waals surface area contributed by atoms with Crippen LogP contribution in [0.1, 0.15) is 38.5 Å². The Kier molecular flexibility index (Phi) is 6.72. The molecule has 0 bridgehead atoms. The van der Waals surface area contributed by atoms with Gasteiger partial charge in [-0.1, -0.05) is 46.6 Å². The minimum absolute atomic E-state index is 0.163. The van der Waals surface area contributed by atoms with Crippen molar-refractivity contribution in [2.75, 3.05) is 5.32 Å². The summed E-state index contributed by atoms with van der Waals surface area (Å²) in [6, 6.07) is 11.1. The average Bonchev–Trinajstić information content (AvgIpc) is 3.37. The van der Waals surface area contributed by atoms with E-state index in [1.54, 1.807) is 36.1 Å². The van der Waals surface area contributed by atoms with E-state index < -0.39 is 5.91 Å². The number of ether oxygens (including phenoxy) is 1. The number of halogens is 2. The summed E-state index contributed by atoms with van der Waals surface area (Å²) < 4.78 is 12.9. The Balaban J connectivity index is 1.45. The van der Waals surface area contributed by atoms with Crippen molar-refractivity contribution in [3.8, 4) is 5.75 Å². The van der Waals surface area contributed by atoms with E-state index in [9.17, 15) is 4.79 Å². The average molecular weight is 485 g/mol. The van der Waals surface area contributed by atoms with Gasteiger partial charge in [0.2, 0.25) is 0 Å². The molecule has 0 fully saturated rings. The number of hydrogen-bond acceptors (Lipinski definition) is 5. The number of nitrogens with zero attached hydrogens (tertiary/aromatic N) is 3. The summed E-state index contributed by atoms with van der Waals surface area (Å²) in [5, 5.41) is 12.1. The second-order valence-electron chi connectivity index (χ2n) is 7.67. The minimum Gasteiger partial charge on any atom is -0.488 e. The summed E-state index contributed by atoms with van der Waals surface area (Å²) in [6.45, 7) is 6.36. The van der Waals surface area contributed by atoms with Gasteiger partial charge in [0.25, 0.3) is 5.91 Å². The Hall–Kier alpha value is -3.29. The Morgan fingerprint density at radius 2 is 2.00 bits per heavy atom. The molecule has 0 spiro atoms. The van der Waals surface area contributed by atoms with Gasteiger partial charge in [0.15, 0.2) is 5.69 Å². The third kappa shape index (κ3) is 5.21. The van der Waals surface area contributed by atoms with Crippen LogP contribution in [-0.2, 0) is 13.2 Å². The second kappa shape index (κ2) is 9.68. The van der Waals surface area contributed by atoms with Crippen LogP contribution in [0.5, 0.6) is 5.75 Å². The van der Waals surface area contributed by atoms with Gasteiger partial charge < -0.3 is 14.6 Å². The Labute approximate surface area is 201 Å². The SMILES string of the molecule is Cc1cccc(OCc2c(C(=O)Nc3cnn(Cc4ccc(Cl)cc4Cl)c3)noc2C)c1C. The summed E-state index contributed by atoms with van der Waals surface area (Å²) >= 11 is 12.2. The molecule has 4 aromatic rings. The second-order valence-corrected chi connectivity index (χ2v) is 8.51. The van der Waals surface area contributed by atoms with Gasteiger partial charge in [0.05, 0.1) is 24.0 Å². The van der Waals surface area contributed by atoms with E-state index in [1.807, 2.05) is 38.1 Å². The highest BCUT2D eigenvalue weighted by Crippen LogP contribution is 2.24. The molecule has 170 valence electrons. The predicted molar refractivity (Wildman–Crippen MR) is 127 cm³/mol. The van der Waals surface area contributed by atoms with Gasteiger partial charge in [0.1, 0.15) is 18.1 Å². The molecule has 0 saturated heterocycles. The van der Waals surface area contributed by atoms with Crippen molar-refractivity contribution in [1.29, 1.82) is 0 Å². The third-order valence-electron chi connectivity index (χ3n) is 5.37.